The molecular weight excluding hydrogens is 680 g/mol. The molecule has 286 valence electrons. The van der Waals surface area contributed by atoms with Crippen molar-refractivity contribution < 1.29 is 42.8 Å². The van der Waals surface area contributed by atoms with E-state index in [1.807, 2.05) is 6.07 Å². The van der Waals surface area contributed by atoms with Crippen LogP contribution in [0, 0.1) is 45.1 Å². The van der Waals surface area contributed by atoms with Crippen molar-refractivity contribution in [2.45, 2.75) is 83.3 Å². The van der Waals surface area contributed by atoms with E-state index in [9.17, 15) is 28.6 Å². The van der Waals surface area contributed by atoms with Gasteiger partial charge in [-0.3, -0.25) is 9.59 Å². The number of benzene rings is 2. The first-order valence-electron chi connectivity index (χ1n) is 19.0. The smallest absolute Gasteiger partial charge is 0.227 e. The molecule has 0 saturated heterocycles. The molecule has 53 heavy (non-hydrogen) atoms. The highest BCUT2D eigenvalue weighted by atomic mass is 19.2. The molecule has 3 saturated carbocycles. The Balaban J connectivity index is 1.26. The van der Waals surface area contributed by atoms with E-state index in [1.54, 1.807) is 38.4 Å². The number of carbonyl (C=O) groups is 2. The highest BCUT2D eigenvalue weighted by Gasteiger charge is 2.74. The van der Waals surface area contributed by atoms with Crippen LogP contribution in [0.25, 0.3) is 0 Å². The fraction of sp³-hybridized carbons (Fsp3) is 0.581. The number of carbonyl (C=O) groups excluding carboxylic acids is 2. The average Bonchev–Trinajstić information content (AvgIpc) is 3.41. The molecule has 1 amide bonds. The first-order chi connectivity index (χ1) is 25.2. The number of aliphatic hydroxyl groups is 2. The first kappa shape index (κ1) is 37.7. The van der Waals surface area contributed by atoms with Crippen molar-refractivity contribution in [2.75, 3.05) is 41.0 Å². The molecule has 8 rings (SSSR count). The van der Waals surface area contributed by atoms with E-state index in [4.69, 9.17) is 14.2 Å². The predicted molar refractivity (Wildman–Crippen MR) is 196 cm³/mol. The van der Waals surface area contributed by atoms with Crippen molar-refractivity contribution in [3.8, 4) is 11.5 Å². The van der Waals surface area contributed by atoms with E-state index in [2.05, 4.69) is 32.1 Å². The van der Waals surface area contributed by atoms with Gasteiger partial charge in [0.25, 0.3) is 0 Å². The van der Waals surface area contributed by atoms with Crippen LogP contribution in [0.2, 0.25) is 0 Å². The van der Waals surface area contributed by atoms with Gasteiger partial charge in [0.2, 0.25) is 5.91 Å². The minimum Gasteiger partial charge on any atom is -0.493 e. The number of rotatable bonds is 12. The number of Topliss-reactive ketones (excluding diaryl/α,β-unsaturated/α-hetero) is 1. The SMILES string of the molecule is COCCCN(CC1(O)CCC2C34C=CC5(C=C3C(=O)c3ccc(F)c(F)c3)CC(O)CCC5(C)C4CCC21C)C(=O)Cc1ccc(OC)c(OC)c1. The molecule has 0 radical (unpaired) electrons. The molecule has 6 aliphatic carbocycles. The number of methoxy groups -OCH3 is 3. The van der Waals surface area contributed by atoms with E-state index >= 15 is 0 Å². The standard InChI is InChI=1S/C43H53F2NO7/c1-39-14-11-29(47)24-41(39)17-18-43(30(25-41)38(49)28-8-9-31(44)32(45)23-28)35(39)12-15-40(2)36(43)13-16-42(40,50)26-46(19-6-20-51-3)37(48)22-27-7-10-33(52-4)34(21-27)53-5/h7-10,17-18,21,23,25,29,35-36,47,50H,6,11-16,19-20,22,24,26H2,1-5H3. The third-order valence-corrected chi connectivity index (χ3v) is 14.5. The van der Waals surface area contributed by atoms with E-state index < -0.39 is 39.6 Å². The topological polar surface area (TPSA) is 106 Å². The highest BCUT2D eigenvalue weighted by molar-refractivity contribution is 6.10. The number of nitrogens with zero attached hydrogens (tertiary/aromatic N) is 1. The lowest BCUT2D eigenvalue weighted by Crippen LogP contribution is -2.67. The third-order valence-electron chi connectivity index (χ3n) is 14.5. The van der Waals surface area contributed by atoms with Crippen LogP contribution in [0.5, 0.6) is 11.5 Å². The minimum atomic E-state index is -1.27. The Morgan fingerprint density at radius 1 is 0.887 bits per heavy atom. The molecule has 0 heterocycles. The fourth-order valence-electron chi connectivity index (χ4n) is 11.7. The zero-order chi connectivity index (χ0) is 38.0. The summed E-state index contributed by atoms with van der Waals surface area (Å²) < 4.78 is 44.9. The number of hydrogen-bond donors (Lipinski definition) is 2. The molecule has 3 fully saturated rings. The molecule has 8 atom stereocenters. The Morgan fingerprint density at radius 2 is 1.60 bits per heavy atom. The molecule has 0 aromatic heterocycles. The Bertz CT molecular complexity index is 1850. The van der Waals surface area contributed by atoms with Crippen molar-refractivity contribution in [2.24, 2.45) is 33.5 Å². The van der Waals surface area contributed by atoms with E-state index in [1.165, 1.54) is 6.07 Å². The van der Waals surface area contributed by atoms with E-state index in [0.29, 0.717) is 68.7 Å². The van der Waals surface area contributed by atoms with Crippen LogP contribution < -0.4 is 9.47 Å². The summed E-state index contributed by atoms with van der Waals surface area (Å²) in [7, 11) is 4.74. The van der Waals surface area contributed by atoms with Crippen molar-refractivity contribution in [3.63, 3.8) is 0 Å². The number of amides is 1. The van der Waals surface area contributed by atoms with Gasteiger partial charge < -0.3 is 29.3 Å². The number of hydrogen-bond acceptors (Lipinski definition) is 7. The summed E-state index contributed by atoms with van der Waals surface area (Å²) in [6.45, 7) is 5.41. The number of aliphatic hydroxyl groups excluding tert-OH is 1. The zero-order valence-corrected chi connectivity index (χ0v) is 31.6. The summed E-state index contributed by atoms with van der Waals surface area (Å²) in [5.74, 6) is -1.58. The molecule has 8 unspecified atom stereocenters. The molecule has 2 aromatic carbocycles. The molecule has 0 aliphatic heterocycles. The Morgan fingerprint density at radius 3 is 2.32 bits per heavy atom. The molecule has 6 aliphatic rings. The molecule has 8 nitrogen and oxygen atoms in total. The number of allylic oxidation sites excluding steroid dienone is 4. The van der Waals surface area contributed by atoms with Gasteiger partial charge in [0, 0.05) is 54.2 Å². The second-order valence-electron chi connectivity index (χ2n) is 16.8. The van der Waals surface area contributed by atoms with E-state index in [-0.39, 0.29) is 47.5 Å². The van der Waals surface area contributed by atoms with Crippen molar-refractivity contribution in [3.05, 3.63) is 83.0 Å². The summed E-state index contributed by atoms with van der Waals surface area (Å²) in [5, 5.41) is 23.9. The van der Waals surface area contributed by atoms with Crippen molar-refractivity contribution in [1.29, 1.82) is 0 Å². The zero-order valence-electron chi connectivity index (χ0n) is 31.6. The van der Waals surface area contributed by atoms with Gasteiger partial charge in [0.1, 0.15) is 0 Å². The predicted octanol–water partition coefficient (Wildman–Crippen LogP) is 6.86. The first-order valence-corrected chi connectivity index (χ1v) is 19.0. The Hall–Kier alpha value is -3.60. The quantitative estimate of drug-likeness (QED) is 0.140. The molecule has 2 N–H and O–H groups in total. The highest BCUT2D eigenvalue weighted by Crippen LogP contribution is 2.78. The van der Waals surface area contributed by atoms with Gasteiger partial charge in [-0.25, -0.2) is 8.78 Å². The number of fused-ring (bicyclic) bond motifs is 1. The largest absolute Gasteiger partial charge is 0.493 e. The Kier molecular flexibility index (Phi) is 9.68. The number of ether oxygens (including phenoxy) is 3. The van der Waals surface area contributed by atoms with Crippen LogP contribution in [-0.2, 0) is 16.0 Å². The van der Waals surface area contributed by atoms with Crippen LogP contribution in [-0.4, -0.2) is 79.5 Å². The van der Waals surface area contributed by atoms with Crippen LogP contribution >= 0.6 is 0 Å². The maximum atomic E-state index is 14.7. The van der Waals surface area contributed by atoms with Gasteiger partial charge in [0.15, 0.2) is 28.9 Å². The van der Waals surface area contributed by atoms with Crippen LogP contribution in [0.1, 0.15) is 81.1 Å². The lowest BCUT2D eigenvalue weighted by atomic mass is 9.32. The lowest BCUT2D eigenvalue weighted by Gasteiger charge is -2.71. The van der Waals surface area contributed by atoms with Gasteiger partial charge in [-0.1, -0.05) is 38.1 Å². The van der Waals surface area contributed by atoms with Crippen LogP contribution in [0.3, 0.4) is 0 Å². The summed E-state index contributed by atoms with van der Waals surface area (Å²) in [5.41, 5.74) is -2.12. The normalized spacial score (nSPS) is 35.2. The molecule has 2 bridgehead atoms. The summed E-state index contributed by atoms with van der Waals surface area (Å²) in [4.78, 5) is 30.6. The van der Waals surface area contributed by atoms with Gasteiger partial charge in [-0.2, -0.15) is 0 Å². The summed E-state index contributed by atoms with van der Waals surface area (Å²) >= 11 is 0. The maximum Gasteiger partial charge on any atom is 0.227 e. The average molecular weight is 734 g/mol. The third kappa shape index (κ3) is 5.68. The Labute approximate surface area is 311 Å². The van der Waals surface area contributed by atoms with Crippen LogP contribution in [0.4, 0.5) is 8.78 Å². The van der Waals surface area contributed by atoms with Gasteiger partial charge >= 0.3 is 0 Å². The lowest BCUT2D eigenvalue weighted by molar-refractivity contribution is -0.178. The van der Waals surface area contributed by atoms with Gasteiger partial charge in [-0.05, 0) is 105 Å². The molecular formula is C43H53F2NO7. The number of halogens is 2. The summed E-state index contributed by atoms with van der Waals surface area (Å²) in [6.07, 6.45) is 11.1. The monoisotopic (exact) mass is 733 g/mol. The van der Waals surface area contributed by atoms with Gasteiger partial charge in [0.05, 0.1) is 32.3 Å². The molecule has 2 aromatic rings. The van der Waals surface area contributed by atoms with Crippen LogP contribution in [0.15, 0.2) is 60.2 Å². The fourth-order valence-corrected chi connectivity index (χ4v) is 11.7. The number of ketones is 1. The van der Waals surface area contributed by atoms with E-state index in [0.717, 1.165) is 30.5 Å². The van der Waals surface area contributed by atoms with Crippen molar-refractivity contribution >= 4 is 11.7 Å². The van der Waals surface area contributed by atoms with Gasteiger partial charge in [-0.15, -0.1) is 0 Å². The summed E-state index contributed by atoms with van der Waals surface area (Å²) in [6, 6.07) is 8.75. The molecule has 2 spiro atoms. The maximum absolute atomic E-state index is 14.7. The van der Waals surface area contributed by atoms with Crippen molar-refractivity contribution in [1.82, 2.24) is 4.90 Å². The second-order valence-corrected chi connectivity index (χ2v) is 16.8. The second kappa shape index (κ2) is 13.6. The minimum absolute atomic E-state index is 0.0339. The molecule has 10 heteroatoms.